The number of fused-ring (bicyclic) bond motifs is 2. The van der Waals surface area contributed by atoms with Gasteiger partial charge in [0.25, 0.3) is 5.91 Å². The van der Waals surface area contributed by atoms with Crippen LogP contribution in [0.4, 0.5) is 33.7 Å². The van der Waals surface area contributed by atoms with Gasteiger partial charge >= 0.3 is 12.3 Å². The van der Waals surface area contributed by atoms with Gasteiger partial charge in [-0.1, -0.05) is 0 Å². The number of rotatable bonds is 8. The molecule has 1 aromatic carbocycles. The summed E-state index contributed by atoms with van der Waals surface area (Å²) in [7, 11) is 1.24. The Morgan fingerprint density at radius 3 is 2.30 bits per heavy atom. The first-order valence-electron chi connectivity index (χ1n) is 16.3. The van der Waals surface area contributed by atoms with E-state index in [9.17, 15) is 28.4 Å². The van der Waals surface area contributed by atoms with Crippen molar-refractivity contribution in [3.05, 3.63) is 64.7 Å². The smallest absolute Gasteiger partial charge is 0.424 e. The Balaban J connectivity index is 1.68. The van der Waals surface area contributed by atoms with Crippen molar-refractivity contribution in [1.29, 1.82) is 0 Å². The predicted octanol–water partition coefficient (Wildman–Crippen LogP) is 4.99. The molecule has 3 amide bonds. The largest absolute Gasteiger partial charge is 0.598 e. The number of halogens is 4. The van der Waals surface area contributed by atoms with E-state index in [0.717, 1.165) is 23.1 Å². The van der Waals surface area contributed by atoms with Gasteiger partial charge in [0, 0.05) is 22.5 Å². The summed E-state index contributed by atoms with van der Waals surface area (Å²) in [6, 6.07) is 6.74. The van der Waals surface area contributed by atoms with Crippen molar-refractivity contribution in [1.82, 2.24) is 20.0 Å². The van der Waals surface area contributed by atoms with Crippen LogP contribution in [0.25, 0.3) is 11.3 Å². The molecule has 53 heavy (non-hydrogen) atoms. The molecule has 2 aliphatic heterocycles. The number of nitrogens with one attached hydrogen (secondary N) is 3. The van der Waals surface area contributed by atoms with Gasteiger partial charge in [-0.15, -0.1) is 4.72 Å². The minimum atomic E-state index is -5.47. The second kappa shape index (κ2) is 13.7. The molecule has 4 heterocycles. The summed E-state index contributed by atoms with van der Waals surface area (Å²) in [6.07, 6.45) is -6.49. The lowest BCUT2D eigenvalue weighted by Gasteiger charge is -2.34. The lowest BCUT2D eigenvalue weighted by atomic mass is 9.89. The number of ether oxygens (including phenoxy) is 2. The summed E-state index contributed by atoms with van der Waals surface area (Å²) in [4.78, 5) is 48.4. The maximum absolute atomic E-state index is 15.2. The van der Waals surface area contributed by atoms with Gasteiger partial charge in [0.15, 0.2) is 0 Å². The van der Waals surface area contributed by atoms with E-state index in [1.54, 1.807) is 41.5 Å². The maximum Gasteiger partial charge on any atom is 0.424 e. The average molecular weight is 765 g/mol. The fourth-order valence-corrected chi connectivity index (χ4v) is 6.64. The van der Waals surface area contributed by atoms with Crippen LogP contribution in [0.2, 0.25) is 0 Å². The van der Waals surface area contributed by atoms with Crippen molar-refractivity contribution < 1.29 is 51.1 Å². The van der Waals surface area contributed by atoms with Crippen LogP contribution in [0.5, 0.6) is 5.88 Å². The van der Waals surface area contributed by atoms with Crippen molar-refractivity contribution in [3.8, 4) is 17.1 Å². The third-order valence-electron chi connectivity index (χ3n) is 8.44. The lowest BCUT2D eigenvalue weighted by Crippen LogP contribution is -2.53. The fraction of sp³-hybridized carbons (Fsp3) is 0.457. The number of anilines is 2. The first-order chi connectivity index (χ1) is 24.4. The third kappa shape index (κ3) is 7.90. The Labute approximate surface area is 306 Å². The van der Waals surface area contributed by atoms with Crippen LogP contribution < -0.4 is 25.0 Å². The molecule has 2 aliphatic rings. The average Bonchev–Trinajstić information content (AvgIpc) is 3.57. The number of carbonyl (C=O) groups excluding carboxylic acids is 3. The van der Waals surface area contributed by atoms with E-state index in [4.69, 9.17) is 9.47 Å². The van der Waals surface area contributed by atoms with Crippen LogP contribution >= 0.6 is 0 Å². The van der Waals surface area contributed by atoms with Gasteiger partial charge in [-0.25, -0.2) is 19.2 Å². The molecule has 286 valence electrons. The van der Waals surface area contributed by atoms with E-state index in [1.807, 2.05) is 0 Å². The second-order valence-corrected chi connectivity index (χ2v) is 16.9. The van der Waals surface area contributed by atoms with Gasteiger partial charge in [0.2, 0.25) is 17.4 Å². The van der Waals surface area contributed by atoms with Crippen molar-refractivity contribution in [2.45, 2.75) is 82.6 Å². The van der Waals surface area contributed by atoms with E-state index in [-0.39, 0.29) is 52.7 Å². The van der Waals surface area contributed by atoms with Gasteiger partial charge in [-0.3, -0.25) is 14.5 Å². The van der Waals surface area contributed by atoms with Gasteiger partial charge in [0.1, 0.15) is 33.1 Å². The SMILES string of the molecule is COc1nc(C(=O)NC[C@@](O)(c2cc3c(c(-c4ccc(F)cc4)n2)N(C(=O)OC(C)(C)C)C[C@@]3(C)N[S+]([O-])C(C)(C)C)C(F)(F)F)cc2c1NC(=O)C2. The van der Waals surface area contributed by atoms with Gasteiger partial charge in [-0.05, 0) is 90.4 Å². The summed E-state index contributed by atoms with van der Waals surface area (Å²) in [5, 5.41) is 16.2. The Morgan fingerprint density at radius 2 is 1.74 bits per heavy atom. The quantitative estimate of drug-likeness (QED) is 0.181. The summed E-state index contributed by atoms with van der Waals surface area (Å²) < 4.78 is 86.0. The van der Waals surface area contributed by atoms with Crippen LogP contribution in [0, 0.1) is 5.82 Å². The van der Waals surface area contributed by atoms with Crippen molar-refractivity contribution in [2.75, 3.05) is 30.4 Å². The fourth-order valence-electron chi connectivity index (χ4n) is 5.75. The highest BCUT2D eigenvalue weighted by Gasteiger charge is 2.58. The van der Waals surface area contributed by atoms with Crippen LogP contribution in [0.15, 0.2) is 36.4 Å². The van der Waals surface area contributed by atoms with E-state index < -0.39 is 75.0 Å². The molecule has 13 nitrogen and oxygen atoms in total. The molecule has 0 aliphatic carbocycles. The molecule has 3 aromatic rings. The molecule has 4 N–H and O–H groups in total. The highest BCUT2D eigenvalue weighted by molar-refractivity contribution is 7.90. The topological polar surface area (TPSA) is 178 Å². The molecular formula is C35H40F4N6O7S. The first-order valence-corrected chi connectivity index (χ1v) is 17.5. The minimum absolute atomic E-state index is 0.0125. The molecule has 1 unspecified atom stereocenters. The number of nitrogens with zero attached hydrogens (tertiary/aromatic N) is 3. The van der Waals surface area contributed by atoms with Gasteiger partial charge in [-0.2, -0.15) is 13.2 Å². The van der Waals surface area contributed by atoms with E-state index in [0.29, 0.717) is 5.56 Å². The van der Waals surface area contributed by atoms with E-state index in [2.05, 4.69) is 25.3 Å². The molecule has 3 atom stereocenters. The second-order valence-electron chi connectivity index (χ2n) is 15.0. The van der Waals surface area contributed by atoms with E-state index in [1.165, 1.54) is 32.2 Å². The molecule has 5 rings (SSSR count). The zero-order valence-electron chi connectivity index (χ0n) is 30.2. The highest BCUT2D eigenvalue weighted by Crippen LogP contribution is 2.49. The first kappa shape index (κ1) is 39.7. The summed E-state index contributed by atoms with van der Waals surface area (Å²) in [5.41, 5.74) is -7.43. The van der Waals surface area contributed by atoms with Gasteiger partial charge in [0.05, 0.1) is 43.7 Å². The minimum Gasteiger partial charge on any atom is -0.598 e. The van der Waals surface area contributed by atoms with Crippen LogP contribution in [0.1, 0.15) is 75.8 Å². The van der Waals surface area contributed by atoms with Crippen molar-refractivity contribution in [2.24, 2.45) is 0 Å². The number of methoxy groups -OCH3 is 1. The molecule has 0 radical (unpaired) electrons. The third-order valence-corrected chi connectivity index (χ3v) is 10.2. The zero-order valence-corrected chi connectivity index (χ0v) is 31.1. The number of alkyl halides is 3. The Morgan fingerprint density at radius 1 is 1.09 bits per heavy atom. The van der Waals surface area contributed by atoms with Crippen molar-refractivity contribution in [3.63, 3.8) is 0 Å². The molecule has 0 saturated carbocycles. The molecule has 18 heteroatoms. The van der Waals surface area contributed by atoms with Crippen molar-refractivity contribution >= 4 is 40.6 Å². The standard InChI is InChI=1S/C35H40F4N6O7S/c1-31(2,3)52-30(48)45-17-33(7,44-53(50)32(4,5)6)21-15-23(42-25(27(21)45)18-9-11-20(36)12-10-18)34(49,35(37,38)39)16-40-28(47)22-13-19-14-24(46)43-26(19)29(41-22)51-8/h9-13,15,44,49H,14,16-17H2,1-8H3,(H,40,47)(H,43,46)/t33-,34-,53?/m1/s1. The normalized spacial score (nSPS) is 18.8. The number of carbonyl (C=O) groups is 3. The van der Waals surface area contributed by atoms with Crippen LogP contribution in [-0.4, -0.2) is 74.3 Å². The molecule has 0 fully saturated rings. The van der Waals surface area contributed by atoms with Gasteiger partial charge < -0.3 is 29.8 Å². The number of aliphatic hydroxyl groups is 1. The summed E-state index contributed by atoms with van der Waals surface area (Å²) in [5.74, 6) is -2.33. The number of benzene rings is 1. The number of pyridine rings is 2. The van der Waals surface area contributed by atoms with Crippen LogP contribution in [0.3, 0.4) is 0 Å². The number of amides is 3. The molecule has 0 bridgehead atoms. The van der Waals surface area contributed by atoms with Crippen LogP contribution in [-0.2, 0) is 38.5 Å². The number of hydrogen-bond donors (Lipinski definition) is 4. The maximum atomic E-state index is 15.2. The highest BCUT2D eigenvalue weighted by atomic mass is 32.2. The molecule has 0 spiro atoms. The lowest BCUT2D eigenvalue weighted by molar-refractivity contribution is -0.265. The van der Waals surface area contributed by atoms with E-state index >= 15 is 13.2 Å². The zero-order chi connectivity index (χ0) is 39.5. The Hall–Kier alpha value is -4.52. The monoisotopic (exact) mass is 764 g/mol. The predicted molar refractivity (Wildman–Crippen MR) is 187 cm³/mol. The summed E-state index contributed by atoms with van der Waals surface area (Å²) >= 11 is -1.84. The molecule has 0 saturated heterocycles. The number of aromatic nitrogens is 2. The number of hydrogen-bond acceptors (Lipinski definition) is 10. The Kier molecular flexibility index (Phi) is 10.3. The molecular weight excluding hydrogens is 724 g/mol. The molecule has 2 aromatic heterocycles. The Bertz CT molecular complexity index is 1950. The summed E-state index contributed by atoms with van der Waals surface area (Å²) in [6.45, 7) is 9.67.